The van der Waals surface area contributed by atoms with Crippen LogP contribution >= 0.6 is 11.6 Å². The first-order valence-corrected chi connectivity index (χ1v) is 11.7. The molecule has 0 heterocycles. The van der Waals surface area contributed by atoms with Gasteiger partial charge in [0, 0.05) is 17.3 Å². The summed E-state index contributed by atoms with van der Waals surface area (Å²) < 4.78 is 25.8. The molecule has 0 aromatic heterocycles. The first kappa shape index (κ1) is 23.7. The zero-order valence-corrected chi connectivity index (χ0v) is 18.7. The summed E-state index contributed by atoms with van der Waals surface area (Å²) in [5, 5.41) is 14.0. The second-order valence-electron chi connectivity index (χ2n) is 7.29. The molecule has 0 aliphatic heterocycles. The molecule has 0 aliphatic carbocycles. The number of hydrogen-bond acceptors (Lipinski definition) is 6. The van der Waals surface area contributed by atoms with Gasteiger partial charge in [-0.05, 0) is 66.6 Å². The van der Waals surface area contributed by atoms with Crippen LogP contribution in [0.3, 0.4) is 0 Å². The second kappa shape index (κ2) is 10.1. The van der Waals surface area contributed by atoms with Crippen LogP contribution in [0.2, 0.25) is 5.02 Å². The first-order chi connectivity index (χ1) is 15.2. The number of carbonyl (C=O) groups is 1. The van der Waals surface area contributed by atoms with E-state index in [1.54, 1.807) is 30.3 Å². The second-order valence-corrected chi connectivity index (χ2v) is 9.67. The molecule has 0 bridgehead atoms. The number of aliphatic hydroxyl groups excluding tert-OH is 1. The lowest BCUT2D eigenvalue weighted by Gasteiger charge is -2.13. The van der Waals surface area contributed by atoms with Gasteiger partial charge < -0.3 is 21.9 Å². The van der Waals surface area contributed by atoms with Crippen molar-refractivity contribution >= 4 is 33.0 Å². The lowest BCUT2D eigenvalue weighted by molar-refractivity contribution is 0.100. The normalized spacial score (nSPS) is 12.4. The quantitative estimate of drug-likeness (QED) is 0.278. The molecule has 0 saturated heterocycles. The van der Waals surface area contributed by atoms with Gasteiger partial charge in [0.15, 0.2) is 0 Å². The van der Waals surface area contributed by atoms with Gasteiger partial charge in [-0.25, -0.2) is 8.42 Å². The summed E-state index contributed by atoms with van der Waals surface area (Å²) in [6, 6.07) is 17.5. The fraction of sp³-hybridized carbons (Fsp3) is 0.174. The molecule has 7 nitrogen and oxygen atoms in total. The largest absolute Gasteiger partial charge is 0.398 e. The molecule has 32 heavy (non-hydrogen) atoms. The summed E-state index contributed by atoms with van der Waals surface area (Å²) in [6.45, 7) is 0.968. The lowest BCUT2D eigenvalue weighted by Crippen LogP contribution is -2.23. The number of nitrogens with one attached hydrogen (secondary N) is 1. The summed E-state index contributed by atoms with van der Waals surface area (Å²) >= 11 is 5.94. The number of halogens is 1. The van der Waals surface area contributed by atoms with Gasteiger partial charge in [-0.1, -0.05) is 35.9 Å². The Bertz CT molecular complexity index is 1210. The zero-order valence-electron chi connectivity index (χ0n) is 17.2. The molecule has 0 unspecified atom stereocenters. The van der Waals surface area contributed by atoms with E-state index in [0.29, 0.717) is 24.5 Å². The molecule has 6 N–H and O–H groups in total. The van der Waals surface area contributed by atoms with Gasteiger partial charge in [-0.2, -0.15) is 0 Å². The van der Waals surface area contributed by atoms with E-state index in [2.05, 4.69) is 5.32 Å². The minimum Gasteiger partial charge on any atom is -0.398 e. The van der Waals surface area contributed by atoms with Crippen molar-refractivity contribution in [1.82, 2.24) is 5.32 Å². The van der Waals surface area contributed by atoms with Crippen molar-refractivity contribution in [2.45, 2.75) is 22.3 Å². The lowest BCUT2D eigenvalue weighted by atomic mass is 10.1. The number of nitrogens with two attached hydrogens (primary N) is 2. The number of primary amides is 1. The number of sulfone groups is 1. The monoisotopic (exact) mass is 473 g/mol. The highest BCUT2D eigenvalue weighted by atomic mass is 35.5. The molecule has 9 heteroatoms. The first-order valence-electron chi connectivity index (χ1n) is 9.86. The maximum absolute atomic E-state index is 12.9. The Hall–Kier alpha value is -2.91. The molecule has 0 radical (unpaired) electrons. The maximum Gasteiger partial charge on any atom is 0.250 e. The zero-order chi connectivity index (χ0) is 23.3. The molecule has 0 fully saturated rings. The molecule has 0 saturated carbocycles. The Labute approximate surface area is 191 Å². The van der Waals surface area contributed by atoms with E-state index in [-0.39, 0.29) is 21.0 Å². The van der Waals surface area contributed by atoms with E-state index in [1.807, 2.05) is 6.07 Å². The molecular weight excluding hydrogens is 450 g/mol. The summed E-state index contributed by atoms with van der Waals surface area (Å²) in [5.74, 6) is -0.789. The van der Waals surface area contributed by atoms with Crippen LogP contribution < -0.4 is 16.8 Å². The van der Waals surface area contributed by atoms with Crippen molar-refractivity contribution in [3.05, 3.63) is 88.4 Å². The molecule has 0 aliphatic rings. The number of aliphatic hydroxyl groups is 1. The predicted octanol–water partition coefficient (Wildman–Crippen LogP) is 2.72. The highest BCUT2D eigenvalue weighted by Gasteiger charge is 2.20. The highest BCUT2D eigenvalue weighted by Crippen LogP contribution is 2.24. The third kappa shape index (κ3) is 5.66. The number of amides is 1. The van der Waals surface area contributed by atoms with Crippen LogP contribution in [-0.4, -0.2) is 32.5 Å². The van der Waals surface area contributed by atoms with E-state index in [9.17, 15) is 18.3 Å². The fourth-order valence-corrected chi connectivity index (χ4v) is 4.68. The van der Waals surface area contributed by atoms with Gasteiger partial charge in [-0.3, -0.25) is 4.79 Å². The Kier molecular flexibility index (Phi) is 7.52. The van der Waals surface area contributed by atoms with Crippen molar-refractivity contribution in [1.29, 1.82) is 0 Å². The van der Waals surface area contributed by atoms with E-state index in [4.69, 9.17) is 23.1 Å². The number of benzene rings is 3. The van der Waals surface area contributed by atoms with Crippen LogP contribution in [0.25, 0.3) is 0 Å². The van der Waals surface area contributed by atoms with Crippen LogP contribution in [0.15, 0.2) is 76.5 Å². The van der Waals surface area contributed by atoms with Crippen molar-refractivity contribution in [3.8, 4) is 0 Å². The number of rotatable bonds is 9. The van der Waals surface area contributed by atoms with Crippen LogP contribution in [0, 0.1) is 0 Å². The summed E-state index contributed by atoms with van der Waals surface area (Å²) in [4.78, 5) is 11.5. The fourth-order valence-electron chi connectivity index (χ4n) is 3.19. The molecule has 1 amide bonds. The van der Waals surface area contributed by atoms with E-state index in [1.165, 1.54) is 30.3 Å². The number of hydrogen-bond donors (Lipinski definition) is 4. The number of nitrogen functional groups attached to an aromatic ring is 1. The molecule has 3 rings (SSSR count). The van der Waals surface area contributed by atoms with E-state index in [0.717, 1.165) is 11.1 Å². The standard InChI is InChI=1S/C23H24ClN3O4S/c24-17-3-1-2-16(12-17)22(28)14-27-11-10-15-4-6-18(7-5-15)32(30,31)19-8-9-21(25)20(13-19)23(26)29/h1-9,12-13,22,27-28H,10-11,14,25H2,(H2,26,29)/t22-/m0/s1. The number of carbonyl (C=O) groups excluding carboxylic acids is 1. The average Bonchev–Trinajstić information content (AvgIpc) is 2.77. The van der Waals surface area contributed by atoms with Crippen molar-refractivity contribution < 1.29 is 18.3 Å². The van der Waals surface area contributed by atoms with Gasteiger partial charge in [0.25, 0.3) is 5.91 Å². The Morgan fingerprint density at radius 1 is 1.03 bits per heavy atom. The smallest absolute Gasteiger partial charge is 0.250 e. The molecule has 0 spiro atoms. The minimum atomic E-state index is -3.82. The topological polar surface area (TPSA) is 136 Å². The van der Waals surface area contributed by atoms with Gasteiger partial charge >= 0.3 is 0 Å². The van der Waals surface area contributed by atoms with E-state index >= 15 is 0 Å². The third-order valence-corrected chi connectivity index (χ3v) is 7.00. The third-order valence-electron chi connectivity index (χ3n) is 5.00. The highest BCUT2D eigenvalue weighted by molar-refractivity contribution is 7.91. The van der Waals surface area contributed by atoms with Crippen LogP contribution in [0.4, 0.5) is 5.69 Å². The Morgan fingerprint density at radius 2 is 1.72 bits per heavy atom. The van der Waals surface area contributed by atoms with Gasteiger partial charge in [0.2, 0.25) is 9.84 Å². The van der Waals surface area contributed by atoms with Crippen LogP contribution in [0.5, 0.6) is 0 Å². The molecule has 3 aromatic carbocycles. The summed E-state index contributed by atoms with van der Waals surface area (Å²) in [5.41, 5.74) is 12.7. The van der Waals surface area contributed by atoms with Crippen molar-refractivity contribution in [2.75, 3.05) is 18.8 Å². The van der Waals surface area contributed by atoms with Crippen LogP contribution in [-0.2, 0) is 16.3 Å². The molecular formula is C23H24ClN3O4S. The average molecular weight is 474 g/mol. The van der Waals surface area contributed by atoms with Crippen LogP contribution in [0.1, 0.15) is 27.6 Å². The van der Waals surface area contributed by atoms with Gasteiger partial charge in [0.05, 0.1) is 21.5 Å². The van der Waals surface area contributed by atoms with Gasteiger partial charge in [-0.15, -0.1) is 0 Å². The minimum absolute atomic E-state index is 0.0336. The van der Waals surface area contributed by atoms with Crippen molar-refractivity contribution in [3.63, 3.8) is 0 Å². The van der Waals surface area contributed by atoms with Gasteiger partial charge in [0.1, 0.15) is 0 Å². The Balaban J connectivity index is 1.60. The number of anilines is 1. The summed E-state index contributed by atoms with van der Waals surface area (Å²) in [6.07, 6.45) is -0.0255. The molecule has 3 aromatic rings. The maximum atomic E-state index is 12.9. The predicted molar refractivity (Wildman–Crippen MR) is 124 cm³/mol. The SMILES string of the molecule is NC(=O)c1cc(S(=O)(=O)c2ccc(CCNC[C@H](O)c3cccc(Cl)c3)cc2)ccc1N. The molecule has 1 atom stereocenters. The molecule has 168 valence electrons. The summed E-state index contributed by atoms with van der Waals surface area (Å²) in [7, 11) is -3.82. The Morgan fingerprint density at radius 3 is 2.38 bits per heavy atom. The van der Waals surface area contributed by atoms with E-state index < -0.39 is 21.8 Å². The van der Waals surface area contributed by atoms with Crippen molar-refractivity contribution in [2.24, 2.45) is 5.73 Å².